The van der Waals surface area contributed by atoms with Crippen molar-refractivity contribution in [2.75, 3.05) is 5.32 Å². The van der Waals surface area contributed by atoms with Crippen LogP contribution < -0.4 is 10.5 Å². The second kappa shape index (κ2) is 6.01. The maximum absolute atomic E-state index is 13.8. The molecule has 0 saturated carbocycles. The van der Waals surface area contributed by atoms with E-state index in [9.17, 15) is 12.8 Å². The van der Waals surface area contributed by atoms with E-state index < -0.39 is 15.8 Å². The number of hydrogen-bond acceptors (Lipinski definition) is 3. The van der Waals surface area contributed by atoms with E-state index in [0.29, 0.717) is 5.56 Å². The molecule has 0 heterocycles. The van der Waals surface area contributed by atoms with Crippen molar-refractivity contribution in [3.63, 3.8) is 0 Å². The largest absolute Gasteiger partial charge is 0.376 e. The molecule has 0 bridgehead atoms. The number of nitrogens with one attached hydrogen (secondary N) is 1. The molecule has 0 amide bonds. The van der Waals surface area contributed by atoms with Crippen molar-refractivity contribution in [2.24, 2.45) is 5.14 Å². The first-order chi connectivity index (χ1) is 9.79. The highest BCUT2D eigenvalue weighted by atomic mass is 35.5. The van der Waals surface area contributed by atoms with Gasteiger partial charge in [0.15, 0.2) is 5.82 Å². The summed E-state index contributed by atoms with van der Waals surface area (Å²) in [7, 11) is -3.77. The molecule has 3 N–H and O–H groups in total. The van der Waals surface area contributed by atoms with Crippen LogP contribution in [-0.2, 0) is 10.0 Å². The summed E-state index contributed by atoms with van der Waals surface area (Å²) in [5.74, 6) is -0.548. The Balaban J connectivity index is 2.29. The summed E-state index contributed by atoms with van der Waals surface area (Å²) in [5.41, 5.74) is 0.914. The molecule has 0 radical (unpaired) electrons. The number of primary sulfonamides is 1. The van der Waals surface area contributed by atoms with Crippen molar-refractivity contribution in [3.05, 3.63) is 58.9 Å². The maximum Gasteiger partial charge on any atom is 0.238 e. The van der Waals surface area contributed by atoms with E-state index in [1.54, 1.807) is 31.2 Å². The monoisotopic (exact) mass is 328 g/mol. The Labute approximate surface area is 127 Å². The van der Waals surface area contributed by atoms with Crippen molar-refractivity contribution >= 4 is 27.3 Å². The SMILES string of the molecule is CC(Nc1cccc(Cl)c1F)c1cccc(S(N)(=O)=O)c1. The average molecular weight is 329 g/mol. The van der Waals surface area contributed by atoms with Crippen molar-refractivity contribution in [2.45, 2.75) is 17.9 Å². The van der Waals surface area contributed by atoms with Crippen molar-refractivity contribution < 1.29 is 12.8 Å². The summed E-state index contributed by atoms with van der Waals surface area (Å²) in [6.45, 7) is 1.78. The molecule has 2 rings (SSSR count). The molecule has 1 unspecified atom stereocenters. The van der Waals surface area contributed by atoms with Gasteiger partial charge in [0.05, 0.1) is 15.6 Å². The highest BCUT2D eigenvalue weighted by molar-refractivity contribution is 7.89. The van der Waals surface area contributed by atoms with E-state index in [2.05, 4.69) is 5.32 Å². The lowest BCUT2D eigenvalue weighted by molar-refractivity contribution is 0.597. The molecule has 0 spiro atoms. The second-order valence-corrected chi connectivity index (χ2v) is 6.55. The Kier molecular flexibility index (Phi) is 4.51. The zero-order valence-electron chi connectivity index (χ0n) is 11.2. The summed E-state index contributed by atoms with van der Waals surface area (Å²) < 4.78 is 36.5. The smallest absolute Gasteiger partial charge is 0.238 e. The lowest BCUT2D eigenvalue weighted by Gasteiger charge is -2.17. The molecule has 21 heavy (non-hydrogen) atoms. The number of halogens is 2. The second-order valence-electron chi connectivity index (χ2n) is 4.58. The molecule has 0 aromatic heterocycles. The molecule has 0 saturated heterocycles. The fraction of sp³-hybridized carbons (Fsp3) is 0.143. The van der Waals surface area contributed by atoms with Crippen LogP contribution in [0, 0.1) is 5.82 Å². The van der Waals surface area contributed by atoms with E-state index in [1.165, 1.54) is 18.2 Å². The number of anilines is 1. The zero-order valence-corrected chi connectivity index (χ0v) is 12.7. The molecule has 0 fully saturated rings. The average Bonchev–Trinajstić information content (AvgIpc) is 2.43. The molecular weight excluding hydrogens is 315 g/mol. The fourth-order valence-electron chi connectivity index (χ4n) is 1.89. The van der Waals surface area contributed by atoms with Crippen molar-refractivity contribution in [3.8, 4) is 0 Å². The topological polar surface area (TPSA) is 72.2 Å². The molecule has 0 aliphatic carbocycles. The zero-order chi connectivity index (χ0) is 15.6. The number of benzene rings is 2. The summed E-state index contributed by atoms with van der Waals surface area (Å²) in [5, 5.41) is 8.07. The van der Waals surface area contributed by atoms with Crippen LogP contribution in [-0.4, -0.2) is 8.42 Å². The summed E-state index contributed by atoms with van der Waals surface area (Å²) in [6, 6.07) is 10.5. The van der Waals surface area contributed by atoms with E-state index in [4.69, 9.17) is 16.7 Å². The van der Waals surface area contributed by atoms with Crippen molar-refractivity contribution in [1.82, 2.24) is 0 Å². The van der Waals surface area contributed by atoms with Crippen LogP contribution in [0.3, 0.4) is 0 Å². The Morgan fingerprint density at radius 3 is 2.57 bits per heavy atom. The van der Waals surface area contributed by atoms with Crippen LogP contribution >= 0.6 is 11.6 Å². The van der Waals surface area contributed by atoms with Crippen LogP contribution in [0.4, 0.5) is 10.1 Å². The molecule has 0 aliphatic rings. The first-order valence-corrected chi connectivity index (χ1v) is 8.05. The van der Waals surface area contributed by atoms with Gasteiger partial charge in [-0.15, -0.1) is 0 Å². The minimum Gasteiger partial charge on any atom is -0.376 e. The number of rotatable bonds is 4. The van der Waals surface area contributed by atoms with Gasteiger partial charge in [0.25, 0.3) is 0 Å². The van der Waals surface area contributed by atoms with Gasteiger partial charge in [-0.2, -0.15) is 0 Å². The minimum atomic E-state index is -3.77. The molecule has 112 valence electrons. The van der Waals surface area contributed by atoms with Gasteiger partial charge in [-0.05, 0) is 36.8 Å². The molecular formula is C14H14ClFN2O2S. The Morgan fingerprint density at radius 1 is 1.24 bits per heavy atom. The predicted molar refractivity (Wildman–Crippen MR) is 81.3 cm³/mol. The van der Waals surface area contributed by atoms with Gasteiger partial charge in [-0.1, -0.05) is 29.8 Å². The van der Waals surface area contributed by atoms with Crippen LogP contribution in [0.25, 0.3) is 0 Å². The fourth-order valence-corrected chi connectivity index (χ4v) is 2.64. The number of nitrogens with two attached hydrogens (primary N) is 1. The summed E-state index contributed by atoms with van der Waals surface area (Å²) >= 11 is 5.72. The third-order valence-electron chi connectivity index (χ3n) is 3.01. The maximum atomic E-state index is 13.8. The Bertz CT molecular complexity index is 765. The molecule has 4 nitrogen and oxygen atoms in total. The highest BCUT2D eigenvalue weighted by Gasteiger charge is 2.13. The molecule has 2 aromatic carbocycles. The number of sulfonamides is 1. The van der Waals surface area contributed by atoms with Crippen LogP contribution in [0.2, 0.25) is 5.02 Å². The molecule has 2 aromatic rings. The Hall–Kier alpha value is -1.63. The first-order valence-electron chi connectivity index (χ1n) is 6.12. The molecule has 0 aliphatic heterocycles. The number of hydrogen-bond donors (Lipinski definition) is 2. The lowest BCUT2D eigenvalue weighted by Crippen LogP contribution is -2.14. The normalized spacial score (nSPS) is 13.0. The lowest BCUT2D eigenvalue weighted by atomic mass is 10.1. The Morgan fingerprint density at radius 2 is 1.90 bits per heavy atom. The molecule has 1 atom stereocenters. The quantitative estimate of drug-likeness (QED) is 0.904. The van der Waals surface area contributed by atoms with Crippen LogP contribution in [0.1, 0.15) is 18.5 Å². The van der Waals surface area contributed by atoms with Crippen LogP contribution in [0.5, 0.6) is 0 Å². The first kappa shape index (κ1) is 15.8. The summed E-state index contributed by atoms with van der Waals surface area (Å²) in [6.07, 6.45) is 0. The van der Waals surface area contributed by atoms with Gasteiger partial charge in [0.1, 0.15) is 0 Å². The third kappa shape index (κ3) is 3.72. The van der Waals surface area contributed by atoms with E-state index in [0.717, 1.165) is 0 Å². The van der Waals surface area contributed by atoms with Gasteiger partial charge >= 0.3 is 0 Å². The third-order valence-corrected chi connectivity index (χ3v) is 4.21. The van der Waals surface area contributed by atoms with Crippen molar-refractivity contribution in [1.29, 1.82) is 0 Å². The minimum absolute atomic E-state index is 0.0141. The summed E-state index contributed by atoms with van der Waals surface area (Å²) in [4.78, 5) is 0.0141. The predicted octanol–water partition coefficient (Wildman–Crippen LogP) is 3.30. The standard InChI is InChI=1S/C14H14ClFN2O2S/c1-9(18-13-7-3-6-12(15)14(13)16)10-4-2-5-11(8-10)21(17,19)20/h2-9,18H,1H3,(H2,17,19,20). The van der Waals surface area contributed by atoms with Gasteiger partial charge in [0, 0.05) is 6.04 Å². The van der Waals surface area contributed by atoms with E-state index in [1.807, 2.05) is 0 Å². The van der Waals surface area contributed by atoms with Gasteiger partial charge in [-0.25, -0.2) is 17.9 Å². The van der Waals surface area contributed by atoms with Crippen LogP contribution in [0.15, 0.2) is 47.4 Å². The highest BCUT2D eigenvalue weighted by Crippen LogP contribution is 2.26. The van der Waals surface area contributed by atoms with E-state index >= 15 is 0 Å². The van der Waals surface area contributed by atoms with Gasteiger partial charge < -0.3 is 5.32 Å². The van der Waals surface area contributed by atoms with Gasteiger partial charge in [-0.3, -0.25) is 0 Å². The van der Waals surface area contributed by atoms with E-state index in [-0.39, 0.29) is 21.6 Å². The van der Waals surface area contributed by atoms with Gasteiger partial charge in [0.2, 0.25) is 10.0 Å². The molecule has 7 heteroatoms.